The molecule has 10 nitrogen and oxygen atoms in total. The summed E-state index contributed by atoms with van der Waals surface area (Å²) in [5.41, 5.74) is 2.03. The van der Waals surface area contributed by atoms with E-state index in [4.69, 9.17) is 4.42 Å². The molecule has 0 saturated heterocycles. The Kier molecular flexibility index (Phi) is 7.70. The molecule has 0 fully saturated rings. The van der Waals surface area contributed by atoms with Crippen LogP contribution < -0.4 is 10.6 Å². The van der Waals surface area contributed by atoms with Crippen molar-refractivity contribution in [2.24, 2.45) is 0 Å². The van der Waals surface area contributed by atoms with Gasteiger partial charge in [-0.05, 0) is 87.4 Å². The maximum atomic E-state index is 13.6. The number of nitrogens with zero attached hydrogens (tertiary/aromatic N) is 5. The molecule has 0 spiro atoms. The Morgan fingerprint density at radius 1 is 0.915 bits per heavy atom. The van der Waals surface area contributed by atoms with Crippen molar-refractivity contribution in [2.75, 3.05) is 7.05 Å². The summed E-state index contributed by atoms with van der Waals surface area (Å²) >= 11 is 0. The Labute approximate surface area is 267 Å². The zero-order valence-corrected chi connectivity index (χ0v) is 26.1. The van der Waals surface area contributed by atoms with Crippen molar-refractivity contribution in [3.63, 3.8) is 0 Å². The molecule has 4 aromatic heterocycles. The van der Waals surface area contributed by atoms with Crippen molar-refractivity contribution in [3.8, 4) is 34.0 Å². The van der Waals surface area contributed by atoms with Crippen LogP contribution in [0.4, 0.5) is 13.2 Å². The van der Waals surface area contributed by atoms with E-state index in [1.807, 2.05) is 46.0 Å². The zero-order valence-electron chi connectivity index (χ0n) is 26.1. The van der Waals surface area contributed by atoms with E-state index < -0.39 is 23.3 Å². The summed E-state index contributed by atoms with van der Waals surface area (Å²) in [7, 11) is 1.48. The Bertz CT molecular complexity index is 2130. The van der Waals surface area contributed by atoms with Crippen LogP contribution in [0.2, 0.25) is 0 Å². The van der Waals surface area contributed by atoms with Gasteiger partial charge in [-0.1, -0.05) is 12.1 Å². The van der Waals surface area contributed by atoms with Gasteiger partial charge in [0.1, 0.15) is 5.76 Å². The average Bonchev–Trinajstić information content (AvgIpc) is 3.78. The van der Waals surface area contributed by atoms with Crippen LogP contribution in [0.25, 0.3) is 45.1 Å². The van der Waals surface area contributed by atoms with Gasteiger partial charge in [-0.2, -0.15) is 28.4 Å². The summed E-state index contributed by atoms with van der Waals surface area (Å²) in [4.78, 5) is 31.0. The second-order valence-electron chi connectivity index (χ2n) is 12.0. The fourth-order valence-electron chi connectivity index (χ4n) is 5.11. The average molecular weight is 642 g/mol. The minimum atomic E-state index is -4.69. The minimum Gasteiger partial charge on any atom is -0.437 e. The molecule has 0 aliphatic rings. The number of benzene rings is 2. The Balaban J connectivity index is 1.56. The van der Waals surface area contributed by atoms with Gasteiger partial charge in [0.25, 0.3) is 11.8 Å². The van der Waals surface area contributed by atoms with Gasteiger partial charge in [-0.25, -0.2) is 9.36 Å². The second kappa shape index (κ2) is 11.6. The summed E-state index contributed by atoms with van der Waals surface area (Å²) in [5.74, 6) is -0.566. The fourth-order valence-corrected chi connectivity index (χ4v) is 5.11. The molecule has 47 heavy (non-hydrogen) atoms. The van der Waals surface area contributed by atoms with Crippen LogP contribution in [0, 0.1) is 6.92 Å². The van der Waals surface area contributed by atoms with Crippen molar-refractivity contribution in [3.05, 3.63) is 102 Å². The molecule has 0 saturated carbocycles. The topological polar surface area (TPSA) is 120 Å². The summed E-state index contributed by atoms with van der Waals surface area (Å²) in [6.45, 7) is 7.48. The lowest BCUT2D eigenvalue weighted by Crippen LogP contribution is -2.40. The van der Waals surface area contributed by atoms with Crippen molar-refractivity contribution in [1.29, 1.82) is 0 Å². The summed E-state index contributed by atoms with van der Waals surface area (Å²) < 4.78 is 49.6. The van der Waals surface area contributed by atoms with Gasteiger partial charge in [0.15, 0.2) is 11.5 Å². The van der Waals surface area contributed by atoms with Crippen molar-refractivity contribution in [1.82, 2.24) is 35.2 Å². The number of amides is 2. The predicted octanol–water partition coefficient (Wildman–Crippen LogP) is 6.75. The number of furan rings is 1. The number of carbonyl (C=O) groups excluding carboxylic acids is 2. The molecule has 0 aliphatic carbocycles. The molecule has 6 rings (SSSR count). The van der Waals surface area contributed by atoms with Crippen LogP contribution >= 0.6 is 0 Å². The lowest BCUT2D eigenvalue weighted by atomic mass is 9.99. The van der Waals surface area contributed by atoms with Crippen molar-refractivity contribution < 1.29 is 27.2 Å². The van der Waals surface area contributed by atoms with Crippen LogP contribution in [0.1, 0.15) is 52.7 Å². The zero-order chi connectivity index (χ0) is 33.7. The SMILES string of the molecule is CNC(=O)c1c(-c2ccc(-n3cc(C)cn3)cc2)oc2nc(-n3ccc(C(F)(F)F)n3)c(-c3cccc(C(=O)NC(C)(C)C)c3)cc12. The molecule has 2 aromatic carbocycles. The molecule has 4 heterocycles. The first-order valence-electron chi connectivity index (χ1n) is 14.6. The van der Waals surface area contributed by atoms with E-state index in [2.05, 4.69) is 25.8 Å². The Morgan fingerprint density at radius 2 is 1.66 bits per heavy atom. The predicted molar refractivity (Wildman–Crippen MR) is 169 cm³/mol. The van der Waals surface area contributed by atoms with E-state index >= 15 is 0 Å². The van der Waals surface area contributed by atoms with Gasteiger partial charge < -0.3 is 15.1 Å². The monoisotopic (exact) mass is 641 g/mol. The first-order chi connectivity index (χ1) is 22.2. The number of hydrogen-bond acceptors (Lipinski definition) is 6. The highest BCUT2D eigenvalue weighted by molar-refractivity contribution is 6.11. The lowest BCUT2D eigenvalue weighted by molar-refractivity contribution is -0.141. The summed E-state index contributed by atoms with van der Waals surface area (Å²) in [6, 6.07) is 16.3. The van der Waals surface area contributed by atoms with Crippen molar-refractivity contribution >= 4 is 22.9 Å². The number of hydrogen-bond donors (Lipinski definition) is 2. The van der Waals surface area contributed by atoms with Gasteiger partial charge in [0.05, 0.1) is 22.8 Å². The van der Waals surface area contributed by atoms with Gasteiger partial charge in [0.2, 0.25) is 5.71 Å². The smallest absolute Gasteiger partial charge is 0.435 e. The van der Waals surface area contributed by atoms with E-state index in [-0.39, 0.29) is 28.8 Å². The van der Waals surface area contributed by atoms with E-state index in [0.717, 1.165) is 28.2 Å². The first kappa shape index (κ1) is 31.3. The quantitative estimate of drug-likeness (QED) is 0.208. The van der Waals surface area contributed by atoms with Gasteiger partial charge in [0, 0.05) is 41.7 Å². The Morgan fingerprint density at radius 3 is 2.28 bits per heavy atom. The summed E-state index contributed by atoms with van der Waals surface area (Å²) in [5, 5.41) is 13.9. The number of halogens is 3. The molecule has 2 amide bonds. The van der Waals surface area contributed by atoms with E-state index in [1.54, 1.807) is 53.3 Å². The number of carbonyl (C=O) groups is 2. The van der Waals surface area contributed by atoms with E-state index in [9.17, 15) is 22.8 Å². The number of nitrogens with one attached hydrogen (secondary N) is 2. The lowest BCUT2D eigenvalue weighted by Gasteiger charge is -2.20. The molecule has 0 atom stereocenters. The molecular formula is C34H30F3N7O3. The van der Waals surface area contributed by atoms with Gasteiger partial charge in [-0.15, -0.1) is 0 Å². The number of pyridine rings is 1. The number of aromatic nitrogens is 5. The number of fused-ring (bicyclic) bond motifs is 1. The van der Waals surface area contributed by atoms with E-state index in [1.165, 1.54) is 7.05 Å². The molecule has 0 aliphatic heterocycles. The maximum absolute atomic E-state index is 13.6. The largest absolute Gasteiger partial charge is 0.437 e. The standard InChI is InChI=1S/C34H30F3N7O3/c1-19-17-39-44(18-19)23-11-9-20(10-12-23)28-27(31(46)38-5)25-16-24(21-7-6-8-22(15-21)30(45)41-33(2,3)4)29(40-32(25)47-28)43-14-13-26(42-43)34(35,36)37/h6-18H,1-5H3,(H,38,46)(H,41,45). The second-order valence-corrected chi connectivity index (χ2v) is 12.0. The van der Waals surface area contributed by atoms with Crippen LogP contribution in [0.15, 0.2) is 83.7 Å². The minimum absolute atomic E-state index is 0.00883. The van der Waals surface area contributed by atoms with Crippen LogP contribution in [0.5, 0.6) is 0 Å². The molecule has 6 aromatic rings. The molecule has 13 heteroatoms. The first-order valence-corrected chi connectivity index (χ1v) is 14.6. The molecule has 0 bridgehead atoms. The molecule has 240 valence electrons. The molecule has 0 radical (unpaired) electrons. The molecule has 0 unspecified atom stereocenters. The number of alkyl halides is 3. The fraction of sp³-hybridized carbons (Fsp3) is 0.206. The highest BCUT2D eigenvalue weighted by Crippen LogP contribution is 2.38. The third-order valence-electron chi connectivity index (χ3n) is 7.24. The third kappa shape index (κ3) is 6.24. The number of rotatable bonds is 6. The van der Waals surface area contributed by atoms with Crippen molar-refractivity contribution in [2.45, 2.75) is 39.4 Å². The highest BCUT2D eigenvalue weighted by atomic mass is 19.4. The third-order valence-corrected chi connectivity index (χ3v) is 7.24. The van der Waals surface area contributed by atoms with Gasteiger partial charge >= 0.3 is 6.18 Å². The van der Waals surface area contributed by atoms with Crippen LogP contribution in [-0.2, 0) is 6.18 Å². The highest BCUT2D eigenvalue weighted by Gasteiger charge is 2.34. The van der Waals surface area contributed by atoms with Crippen LogP contribution in [0.3, 0.4) is 0 Å². The van der Waals surface area contributed by atoms with Crippen LogP contribution in [-0.4, -0.2) is 48.9 Å². The molecule has 2 N–H and O–H groups in total. The summed E-state index contributed by atoms with van der Waals surface area (Å²) in [6.07, 6.45) is 0.0731. The normalized spacial score (nSPS) is 12.0. The van der Waals surface area contributed by atoms with E-state index in [0.29, 0.717) is 27.6 Å². The number of aryl methyl sites for hydroxylation is 1. The maximum Gasteiger partial charge on any atom is 0.435 e. The molecular weight excluding hydrogens is 611 g/mol. The Hall–Kier alpha value is -5.72. The van der Waals surface area contributed by atoms with Gasteiger partial charge in [-0.3, -0.25) is 9.59 Å².